The standard InChI is InChI=1S/C22H22N4OS/c27-22(25-18-11-13-28-20-10-4-2-6-15(18)20)19-9-5-12-26(19)21-16-7-1-3-8-17(16)23-14-24-21/h1-4,6-8,10,14,18-19H,5,9,11-13H2,(H,25,27). The van der Waals surface area contributed by atoms with E-state index in [0.29, 0.717) is 0 Å². The lowest BCUT2D eigenvalue weighted by atomic mass is 10.0. The van der Waals surface area contributed by atoms with Crippen molar-refractivity contribution in [1.82, 2.24) is 15.3 Å². The molecule has 1 fully saturated rings. The van der Waals surface area contributed by atoms with Gasteiger partial charge in [-0.15, -0.1) is 11.8 Å². The van der Waals surface area contributed by atoms with Crippen LogP contribution in [0.5, 0.6) is 0 Å². The second-order valence-corrected chi connectivity index (χ2v) is 8.44. The van der Waals surface area contributed by atoms with Crippen LogP contribution in [0.2, 0.25) is 0 Å². The average molecular weight is 391 g/mol. The van der Waals surface area contributed by atoms with Crippen LogP contribution < -0.4 is 10.2 Å². The predicted molar refractivity (Wildman–Crippen MR) is 113 cm³/mol. The van der Waals surface area contributed by atoms with Gasteiger partial charge in [0.2, 0.25) is 5.91 Å². The van der Waals surface area contributed by atoms with Crippen molar-refractivity contribution in [1.29, 1.82) is 0 Å². The van der Waals surface area contributed by atoms with Crippen molar-refractivity contribution in [2.45, 2.75) is 36.2 Å². The van der Waals surface area contributed by atoms with E-state index in [1.165, 1.54) is 10.5 Å². The number of rotatable bonds is 3. The lowest BCUT2D eigenvalue weighted by Gasteiger charge is -2.30. The Labute approximate surface area is 168 Å². The van der Waals surface area contributed by atoms with E-state index in [2.05, 4.69) is 44.5 Å². The van der Waals surface area contributed by atoms with Crippen LogP contribution in [0, 0.1) is 0 Å². The minimum atomic E-state index is -0.181. The minimum Gasteiger partial charge on any atom is -0.347 e. The Morgan fingerprint density at radius 3 is 2.89 bits per heavy atom. The van der Waals surface area contributed by atoms with E-state index in [1.807, 2.05) is 36.0 Å². The smallest absolute Gasteiger partial charge is 0.243 e. The average Bonchev–Trinajstić information content (AvgIpc) is 3.23. The van der Waals surface area contributed by atoms with Crippen LogP contribution in [-0.4, -0.2) is 34.2 Å². The number of fused-ring (bicyclic) bond motifs is 2. The normalized spacial score (nSPS) is 21.5. The van der Waals surface area contributed by atoms with Gasteiger partial charge in [-0.2, -0.15) is 0 Å². The molecule has 2 aliphatic rings. The van der Waals surface area contributed by atoms with E-state index in [-0.39, 0.29) is 18.0 Å². The maximum atomic E-state index is 13.2. The van der Waals surface area contributed by atoms with Crippen LogP contribution in [0.15, 0.2) is 59.8 Å². The first-order chi connectivity index (χ1) is 13.8. The summed E-state index contributed by atoms with van der Waals surface area (Å²) in [4.78, 5) is 25.6. The van der Waals surface area contributed by atoms with Crippen LogP contribution in [0.4, 0.5) is 5.82 Å². The van der Waals surface area contributed by atoms with E-state index < -0.39 is 0 Å². The highest BCUT2D eigenvalue weighted by molar-refractivity contribution is 7.99. The first-order valence-corrected chi connectivity index (χ1v) is 10.8. The van der Waals surface area contributed by atoms with Gasteiger partial charge in [0, 0.05) is 22.6 Å². The highest BCUT2D eigenvalue weighted by Gasteiger charge is 2.34. The monoisotopic (exact) mass is 390 g/mol. The summed E-state index contributed by atoms with van der Waals surface area (Å²) < 4.78 is 0. The topological polar surface area (TPSA) is 58.1 Å². The molecule has 1 saturated heterocycles. The molecule has 0 spiro atoms. The first-order valence-electron chi connectivity index (χ1n) is 9.80. The SMILES string of the molecule is O=C(NC1CCSc2ccccc21)C1CCCN1c1ncnc2ccccc12. The Hall–Kier alpha value is -2.60. The van der Waals surface area contributed by atoms with E-state index >= 15 is 0 Å². The largest absolute Gasteiger partial charge is 0.347 e. The van der Waals surface area contributed by atoms with E-state index in [9.17, 15) is 4.79 Å². The number of para-hydroxylation sites is 1. The maximum Gasteiger partial charge on any atom is 0.243 e. The van der Waals surface area contributed by atoms with Crippen molar-refractivity contribution in [3.05, 3.63) is 60.4 Å². The molecule has 142 valence electrons. The zero-order valence-corrected chi connectivity index (χ0v) is 16.4. The third-order valence-electron chi connectivity index (χ3n) is 5.62. The molecule has 0 saturated carbocycles. The zero-order chi connectivity index (χ0) is 18.9. The molecule has 0 bridgehead atoms. The van der Waals surface area contributed by atoms with E-state index in [1.54, 1.807) is 6.33 Å². The Morgan fingerprint density at radius 2 is 1.93 bits per heavy atom. The van der Waals surface area contributed by atoms with Crippen molar-refractivity contribution >= 4 is 34.4 Å². The molecule has 0 radical (unpaired) electrons. The van der Waals surface area contributed by atoms with Crippen LogP contribution in [0.25, 0.3) is 10.9 Å². The van der Waals surface area contributed by atoms with Crippen LogP contribution in [0.1, 0.15) is 30.9 Å². The van der Waals surface area contributed by atoms with Gasteiger partial charge >= 0.3 is 0 Å². The molecule has 2 atom stereocenters. The maximum absolute atomic E-state index is 13.2. The van der Waals surface area contributed by atoms with Gasteiger partial charge in [-0.1, -0.05) is 30.3 Å². The summed E-state index contributed by atoms with van der Waals surface area (Å²) in [5.41, 5.74) is 2.15. The summed E-state index contributed by atoms with van der Waals surface area (Å²) in [6.07, 6.45) is 4.41. The lowest BCUT2D eigenvalue weighted by Crippen LogP contribution is -2.45. The van der Waals surface area contributed by atoms with Crippen molar-refractivity contribution in [2.75, 3.05) is 17.2 Å². The molecule has 6 heteroatoms. The van der Waals surface area contributed by atoms with Gasteiger partial charge in [-0.25, -0.2) is 9.97 Å². The number of anilines is 1. The van der Waals surface area contributed by atoms with E-state index in [0.717, 1.165) is 48.3 Å². The summed E-state index contributed by atoms with van der Waals surface area (Å²) in [7, 11) is 0. The molecule has 1 N–H and O–H groups in total. The summed E-state index contributed by atoms with van der Waals surface area (Å²) in [5.74, 6) is 2.00. The molecule has 5 rings (SSSR count). The summed E-state index contributed by atoms with van der Waals surface area (Å²) >= 11 is 1.87. The fourth-order valence-corrected chi connectivity index (χ4v) is 5.40. The molecular weight excluding hydrogens is 368 g/mol. The molecule has 5 nitrogen and oxygen atoms in total. The Balaban J connectivity index is 1.41. The third kappa shape index (κ3) is 3.11. The van der Waals surface area contributed by atoms with Crippen LogP contribution in [0.3, 0.4) is 0 Å². The number of hydrogen-bond acceptors (Lipinski definition) is 5. The third-order valence-corrected chi connectivity index (χ3v) is 6.75. The molecule has 2 unspecified atom stereocenters. The van der Waals surface area contributed by atoms with Crippen LogP contribution >= 0.6 is 11.8 Å². The van der Waals surface area contributed by atoms with E-state index in [4.69, 9.17) is 0 Å². The lowest BCUT2D eigenvalue weighted by molar-refractivity contribution is -0.123. The molecule has 2 aromatic carbocycles. The summed E-state index contributed by atoms with van der Waals surface area (Å²) in [6.45, 7) is 0.843. The number of carbonyl (C=O) groups excluding carboxylic acids is 1. The summed E-state index contributed by atoms with van der Waals surface area (Å²) in [6, 6.07) is 16.3. The van der Waals surface area contributed by atoms with Gasteiger partial charge in [-0.05, 0) is 43.0 Å². The highest BCUT2D eigenvalue weighted by Crippen LogP contribution is 2.36. The van der Waals surface area contributed by atoms with Gasteiger partial charge in [0.1, 0.15) is 18.2 Å². The second-order valence-electron chi connectivity index (χ2n) is 7.30. The van der Waals surface area contributed by atoms with Crippen molar-refractivity contribution in [2.24, 2.45) is 0 Å². The minimum absolute atomic E-state index is 0.0922. The fraction of sp³-hybridized carbons (Fsp3) is 0.318. The Morgan fingerprint density at radius 1 is 1.07 bits per heavy atom. The number of nitrogens with one attached hydrogen (secondary N) is 1. The molecule has 28 heavy (non-hydrogen) atoms. The number of aromatic nitrogens is 2. The van der Waals surface area contributed by atoms with Gasteiger partial charge < -0.3 is 10.2 Å². The molecule has 3 heterocycles. The highest BCUT2D eigenvalue weighted by atomic mass is 32.2. The van der Waals surface area contributed by atoms with Crippen molar-refractivity contribution in [3.8, 4) is 0 Å². The molecule has 1 amide bonds. The Kier molecular flexibility index (Phi) is 4.64. The predicted octanol–water partition coefficient (Wildman–Crippen LogP) is 3.95. The number of hydrogen-bond donors (Lipinski definition) is 1. The van der Waals surface area contributed by atoms with Crippen molar-refractivity contribution < 1.29 is 4.79 Å². The zero-order valence-electron chi connectivity index (χ0n) is 15.5. The van der Waals surface area contributed by atoms with Gasteiger partial charge in [0.25, 0.3) is 0 Å². The molecule has 3 aromatic rings. The number of thioether (sulfide) groups is 1. The first kappa shape index (κ1) is 17.5. The number of carbonyl (C=O) groups is 1. The summed E-state index contributed by atoms with van der Waals surface area (Å²) in [5, 5.41) is 4.33. The van der Waals surface area contributed by atoms with Gasteiger partial charge in [0.15, 0.2) is 0 Å². The molecule has 2 aliphatic heterocycles. The fourth-order valence-electron chi connectivity index (χ4n) is 4.27. The Bertz CT molecular complexity index is 1020. The van der Waals surface area contributed by atoms with Gasteiger partial charge in [-0.3, -0.25) is 4.79 Å². The van der Waals surface area contributed by atoms with Crippen molar-refractivity contribution in [3.63, 3.8) is 0 Å². The van der Waals surface area contributed by atoms with Gasteiger partial charge in [0.05, 0.1) is 11.6 Å². The quantitative estimate of drug-likeness (QED) is 0.734. The second kappa shape index (κ2) is 7.43. The molecular formula is C22H22N4OS. The number of nitrogens with zero attached hydrogens (tertiary/aromatic N) is 3. The molecule has 1 aromatic heterocycles. The molecule has 0 aliphatic carbocycles. The number of benzene rings is 2. The van der Waals surface area contributed by atoms with Crippen LogP contribution in [-0.2, 0) is 4.79 Å². The number of amides is 1.